The van der Waals surface area contributed by atoms with Crippen LogP contribution in [0.4, 0.5) is 13.2 Å². The second kappa shape index (κ2) is 4.25. The van der Waals surface area contributed by atoms with Crippen molar-refractivity contribution in [3.8, 4) is 0 Å². The maximum absolute atomic E-state index is 12.9. The summed E-state index contributed by atoms with van der Waals surface area (Å²) >= 11 is 0. The van der Waals surface area contributed by atoms with Crippen LogP contribution in [0.5, 0.6) is 0 Å². The smallest absolute Gasteiger partial charge is 0.346 e. The number of nitrogens with one attached hydrogen (secondary N) is 1. The predicted octanol–water partition coefficient (Wildman–Crippen LogP) is 3.67. The van der Waals surface area contributed by atoms with Crippen molar-refractivity contribution in [3.63, 3.8) is 0 Å². The van der Waals surface area contributed by atoms with Crippen LogP contribution in [0.15, 0.2) is 24.3 Å². The summed E-state index contributed by atoms with van der Waals surface area (Å²) in [5.74, 6) is 0. The molecular weight excluding hydrogens is 265 g/mol. The van der Waals surface area contributed by atoms with E-state index in [4.69, 9.17) is 0 Å². The topological polar surface area (TPSA) is 17.0 Å². The summed E-state index contributed by atoms with van der Waals surface area (Å²) in [4.78, 5) is 0. The Morgan fingerprint density at radius 3 is 2.45 bits per heavy atom. The van der Waals surface area contributed by atoms with Crippen molar-refractivity contribution < 1.29 is 13.2 Å². The van der Waals surface area contributed by atoms with Gasteiger partial charge in [0.25, 0.3) is 0 Å². The minimum atomic E-state index is -4.16. The summed E-state index contributed by atoms with van der Waals surface area (Å²) in [5.41, 5.74) is 1.37. The Bertz CT molecular complexity index is 612. The van der Waals surface area contributed by atoms with Gasteiger partial charge in [-0.05, 0) is 31.4 Å². The number of hydrogen-bond acceptors (Lipinski definition) is 1. The fraction of sp³-hybridized carbons (Fsp3) is 0.467. The summed E-state index contributed by atoms with van der Waals surface area (Å²) in [6.45, 7) is 2.21. The molecule has 20 heavy (non-hydrogen) atoms. The molecule has 1 aliphatic carbocycles. The number of alkyl halides is 3. The van der Waals surface area contributed by atoms with Crippen molar-refractivity contribution in [2.45, 2.75) is 38.0 Å². The molecule has 1 aliphatic rings. The van der Waals surface area contributed by atoms with Gasteiger partial charge in [0.05, 0.1) is 0 Å². The van der Waals surface area contributed by atoms with Gasteiger partial charge in [-0.3, -0.25) is 5.32 Å². The third-order valence-corrected chi connectivity index (χ3v) is 4.39. The van der Waals surface area contributed by atoms with Gasteiger partial charge in [0.2, 0.25) is 0 Å². The second-order valence-electron chi connectivity index (χ2n) is 5.58. The number of rotatable bonds is 3. The summed E-state index contributed by atoms with van der Waals surface area (Å²) < 4.78 is 40.8. The minimum Gasteiger partial charge on any atom is -0.346 e. The highest BCUT2D eigenvalue weighted by Crippen LogP contribution is 2.49. The number of fused-ring (bicyclic) bond motifs is 1. The van der Waals surface area contributed by atoms with E-state index in [2.05, 4.69) is 5.32 Å². The van der Waals surface area contributed by atoms with E-state index in [1.165, 1.54) is 0 Å². The Kier molecular flexibility index (Phi) is 2.87. The first-order valence-corrected chi connectivity index (χ1v) is 6.70. The van der Waals surface area contributed by atoms with Crippen LogP contribution in [0.2, 0.25) is 0 Å². The molecule has 2 aromatic rings. The molecule has 1 aromatic carbocycles. The van der Waals surface area contributed by atoms with Crippen LogP contribution < -0.4 is 5.32 Å². The average Bonchev–Trinajstić information content (AvgIpc) is 3.15. The molecule has 0 spiro atoms. The van der Waals surface area contributed by atoms with E-state index in [-0.39, 0.29) is 19.4 Å². The molecule has 0 radical (unpaired) electrons. The van der Waals surface area contributed by atoms with Crippen molar-refractivity contribution in [3.05, 3.63) is 35.5 Å². The Morgan fingerprint density at radius 1 is 1.25 bits per heavy atom. The Balaban J connectivity index is 1.89. The van der Waals surface area contributed by atoms with E-state index in [0.29, 0.717) is 0 Å². The molecule has 0 aliphatic heterocycles. The SMILES string of the molecule is Cc1c(CNC2(C(F)(F)F)CC2)n(C)c2ccccc12. The fourth-order valence-electron chi connectivity index (χ4n) is 2.83. The van der Waals surface area contributed by atoms with Crippen LogP contribution in [-0.2, 0) is 13.6 Å². The lowest BCUT2D eigenvalue weighted by molar-refractivity contribution is -0.166. The quantitative estimate of drug-likeness (QED) is 0.909. The largest absolute Gasteiger partial charge is 0.406 e. The summed E-state index contributed by atoms with van der Waals surface area (Å²) in [6.07, 6.45) is -3.80. The normalized spacial score (nSPS) is 17.6. The third kappa shape index (κ3) is 1.92. The standard InChI is InChI=1S/C15H17F3N2/c1-10-11-5-3-4-6-12(11)20(2)13(10)9-19-14(7-8-14)15(16,17)18/h3-6,19H,7-9H2,1-2H3. The van der Waals surface area contributed by atoms with Crippen LogP contribution in [0.3, 0.4) is 0 Å². The Labute approximate surface area is 115 Å². The van der Waals surface area contributed by atoms with Gasteiger partial charge in [0.15, 0.2) is 0 Å². The molecule has 2 nitrogen and oxygen atoms in total. The van der Waals surface area contributed by atoms with Crippen molar-refractivity contribution in [2.75, 3.05) is 0 Å². The van der Waals surface area contributed by atoms with E-state index in [0.717, 1.165) is 22.2 Å². The van der Waals surface area contributed by atoms with Crippen molar-refractivity contribution >= 4 is 10.9 Å². The van der Waals surface area contributed by atoms with Crippen molar-refractivity contribution in [1.82, 2.24) is 9.88 Å². The van der Waals surface area contributed by atoms with Gasteiger partial charge >= 0.3 is 6.18 Å². The van der Waals surface area contributed by atoms with Crippen LogP contribution in [0.1, 0.15) is 24.1 Å². The van der Waals surface area contributed by atoms with Gasteiger partial charge in [-0.1, -0.05) is 18.2 Å². The highest BCUT2D eigenvalue weighted by Gasteiger charge is 2.63. The summed E-state index contributed by atoms with van der Waals surface area (Å²) in [5, 5.41) is 3.82. The molecule has 1 heterocycles. The predicted molar refractivity (Wildman–Crippen MR) is 72.5 cm³/mol. The number of nitrogens with zero attached hydrogens (tertiary/aromatic N) is 1. The number of halogens is 3. The van der Waals surface area contributed by atoms with Crippen molar-refractivity contribution in [1.29, 1.82) is 0 Å². The Morgan fingerprint density at radius 2 is 1.90 bits per heavy atom. The molecule has 0 atom stereocenters. The first-order valence-electron chi connectivity index (χ1n) is 6.70. The van der Waals surface area contributed by atoms with Crippen LogP contribution in [0, 0.1) is 6.92 Å². The Hall–Kier alpha value is -1.49. The van der Waals surface area contributed by atoms with Crippen LogP contribution >= 0.6 is 0 Å². The summed E-state index contributed by atoms with van der Waals surface area (Å²) in [7, 11) is 1.90. The van der Waals surface area contributed by atoms with Crippen LogP contribution in [-0.4, -0.2) is 16.3 Å². The van der Waals surface area contributed by atoms with Gasteiger partial charge in [-0.15, -0.1) is 0 Å². The lowest BCUT2D eigenvalue weighted by Gasteiger charge is -2.21. The molecular formula is C15H17F3N2. The zero-order chi connectivity index (χ0) is 14.5. The number of benzene rings is 1. The third-order valence-electron chi connectivity index (χ3n) is 4.39. The number of para-hydroxylation sites is 1. The van der Waals surface area contributed by atoms with E-state index >= 15 is 0 Å². The minimum absolute atomic E-state index is 0.180. The first-order chi connectivity index (χ1) is 9.36. The maximum atomic E-state index is 12.9. The van der Waals surface area contributed by atoms with E-state index in [1.54, 1.807) is 0 Å². The molecule has 5 heteroatoms. The molecule has 3 rings (SSSR count). The van der Waals surface area contributed by atoms with Crippen LogP contribution in [0.25, 0.3) is 10.9 Å². The second-order valence-corrected chi connectivity index (χ2v) is 5.58. The van der Waals surface area contributed by atoms with Crippen molar-refractivity contribution in [2.24, 2.45) is 7.05 Å². The lowest BCUT2D eigenvalue weighted by Crippen LogP contribution is -2.44. The lowest BCUT2D eigenvalue weighted by atomic mass is 10.1. The zero-order valence-electron chi connectivity index (χ0n) is 11.5. The summed E-state index contributed by atoms with van der Waals surface area (Å²) in [6, 6.07) is 7.88. The van der Waals surface area contributed by atoms with E-state index in [1.807, 2.05) is 42.8 Å². The van der Waals surface area contributed by atoms with E-state index < -0.39 is 11.7 Å². The molecule has 0 bridgehead atoms. The van der Waals surface area contributed by atoms with E-state index in [9.17, 15) is 13.2 Å². The monoisotopic (exact) mass is 282 g/mol. The number of hydrogen-bond donors (Lipinski definition) is 1. The highest BCUT2D eigenvalue weighted by molar-refractivity contribution is 5.85. The highest BCUT2D eigenvalue weighted by atomic mass is 19.4. The molecule has 108 valence electrons. The van der Waals surface area contributed by atoms with Gasteiger partial charge in [-0.25, -0.2) is 0 Å². The molecule has 1 aromatic heterocycles. The number of aromatic nitrogens is 1. The average molecular weight is 282 g/mol. The zero-order valence-corrected chi connectivity index (χ0v) is 11.5. The van der Waals surface area contributed by atoms with Gasteiger partial charge in [0.1, 0.15) is 5.54 Å². The number of aryl methyl sites for hydroxylation is 2. The van der Waals surface area contributed by atoms with Gasteiger partial charge in [-0.2, -0.15) is 13.2 Å². The molecule has 1 N–H and O–H groups in total. The fourth-order valence-corrected chi connectivity index (χ4v) is 2.83. The molecule has 0 saturated heterocycles. The molecule has 1 fully saturated rings. The maximum Gasteiger partial charge on any atom is 0.406 e. The molecule has 0 unspecified atom stereocenters. The molecule has 1 saturated carbocycles. The molecule has 0 amide bonds. The van der Waals surface area contributed by atoms with Gasteiger partial charge in [0, 0.05) is 30.2 Å². The van der Waals surface area contributed by atoms with Gasteiger partial charge < -0.3 is 4.57 Å². The first kappa shape index (κ1) is 13.5.